The summed E-state index contributed by atoms with van der Waals surface area (Å²) in [6.45, 7) is 6.43. The second-order valence-corrected chi connectivity index (χ2v) is 2.77. The van der Waals surface area contributed by atoms with E-state index < -0.39 is 0 Å². The molecule has 1 N–H and O–H groups in total. The molecule has 0 bridgehead atoms. The van der Waals surface area contributed by atoms with E-state index in [4.69, 9.17) is 4.74 Å². The van der Waals surface area contributed by atoms with E-state index in [0.29, 0.717) is 12.4 Å². The van der Waals surface area contributed by atoms with Crippen molar-refractivity contribution in [3.8, 4) is 11.5 Å². The number of rotatable bonds is 2. The van der Waals surface area contributed by atoms with Crippen LogP contribution in [0.4, 0.5) is 0 Å². The molecular formula is C10H14O2. The molecular weight excluding hydrogens is 152 g/mol. The first-order valence-electron chi connectivity index (χ1n) is 4.08. The van der Waals surface area contributed by atoms with Gasteiger partial charge in [-0.2, -0.15) is 0 Å². The van der Waals surface area contributed by atoms with Gasteiger partial charge in [0.15, 0.2) is 0 Å². The molecule has 0 atom stereocenters. The Bertz CT molecular complexity index is 279. The minimum atomic E-state index is 0.330. The van der Waals surface area contributed by atoms with Crippen LogP contribution in [0.2, 0.25) is 0 Å². The molecule has 1 aromatic carbocycles. The van der Waals surface area contributed by atoms with Gasteiger partial charge < -0.3 is 9.84 Å². The predicted molar refractivity (Wildman–Crippen MR) is 48.7 cm³/mol. The Labute approximate surface area is 72.8 Å². The molecule has 0 unspecified atom stereocenters. The SMILES string of the molecule is CCOc1ccc(O)c(C)c1C. The van der Waals surface area contributed by atoms with Gasteiger partial charge >= 0.3 is 0 Å². The fraction of sp³-hybridized carbons (Fsp3) is 0.400. The number of phenols is 1. The first-order chi connectivity index (χ1) is 5.66. The fourth-order valence-electron chi connectivity index (χ4n) is 1.09. The Kier molecular flexibility index (Phi) is 2.58. The van der Waals surface area contributed by atoms with Crippen molar-refractivity contribution in [3.63, 3.8) is 0 Å². The summed E-state index contributed by atoms with van der Waals surface area (Å²) in [5.74, 6) is 1.18. The standard InChI is InChI=1S/C10H14O2/c1-4-12-10-6-5-9(11)7(2)8(10)3/h5-6,11H,4H2,1-3H3. The number of ether oxygens (including phenoxy) is 1. The summed E-state index contributed by atoms with van der Waals surface area (Å²) in [4.78, 5) is 0. The van der Waals surface area contributed by atoms with Crippen molar-refractivity contribution in [2.24, 2.45) is 0 Å². The van der Waals surface area contributed by atoms with E-state index in [1.54, 1.807) is 12.1 Å². The highest BCUT2D eigenvalue weighted by molar-refractivity contribution is 5.46. The Morgan fingerprint density at radius 3 is 2.50 bits per heavy atom. The highest BCUT2D eigenvalue weighted by Gasteiger charge is 2.04. The Hall–Kier alpha value is -1.18. The van der Waals surface area contributed by atoms with E-state index >= 15 is 0 Å². The van der Waals surface area contributed by atoms with Crippen LogP contribution in [0.1, 0.15) is 18.1 Å². The van der Waals surface area contributed by atoms with Gasteiger partial charge in [-0.3, -0.25) is 0 Å². The van der Waals surface area contributed by atoms with Crippen molar-refractivity contribution in [2.75, 3.05) is 6.61 Å². The molecule has 0 spiro atoms. The number of aromatic hydroxyl groups is 1. The number of hydrogen-bond acceptors (Lipinski definition) is 2. The zero-order valence-electron chi connectivity index (χ0n) is 7.72. The molecule has 0 saturated heterocycles. The number of hydrogen-bond donors (Lipinski definition) is 1. The molecule has 0 aliphatic rings. The average Bonchev–Trinajstić information content (AvgIpc) is 2.07. The van der Waals surface area contributed by atoms with E-state index in [0.717, 1.165) is 16.9 Å². The summed E-state index contributed by atoms with van der Waals surface area (Å²) < 4.78 is 5.36. The van der Waals surface area contributed by atoms with Crippen LogP contribution in [0.25, 0.3) is 0 Å². The first-order valence-corrected chi connectivity index (χ1v) is 4.08. The van der Waals surface area contributed by atoms with Gasteiger partial charge in [0.2, 0.25) is 0 Å². The summed E-state index contributed by atoms with van der Waals surface area (Å²) in [5.41, 5.74) is 1.90. The molecule has 2 heteroatoms. The lowest BCUT2D eigenvalue weighted by atomic mass is 10.1. The minimum absolute atomic E-state index is 0.330. The van der Waals surface area contributed by atoms with Crippen molar-refractivity contribution in [1.29, 1.82) is 0 Å². The highest BCUT2D eigenvalue weighted by Crippen LogP contribution is 2.27. The fourth-order valence-corrected chi connectivity index (χ4v) is 1.09. The maximum atomic E-state index is 9.34. The quantitative estimate of drug-likeness (QED) is 0.731. The molecule has 1 aromatic rings. The lowest BCUT2D eigenvalue weighted by Crippen LogP contribution is -1.95. The van der Waals surface area contributed by atoms with Gasteiger partial charge in [-0.1, -0.05) is 0 Å². The molecule has 1 rings (SSSR count). The molecule has 0 saturated carbocycles. The van der Waals surface area contributed by atoms with Gasteiger partial charge in [0.25, 0.3) is 0 Å². The van der Waals surface area contributed by atoms with Crippen molar-refractivity contribution < 1.29 is 9.84 Å². The predicted octanol–water partition coefficient (Wildman–Crippen LogP) is 2.41. The van der Waals surface area contributed by atoms with E-state index in [-0.39, 0.29) is 0 Å². The average molecular weight is 166 g/mol. The summed E-state index contributed by atoms with van der Waals surface area (Å²) in [7, 11) is 0. The summed E-state index contributed by atoms with van der Waals surface area (Å²) in [6.07, 6.45) is 0. The molecule has 0 aliphatic heterocycles. The minimum Gasteiger partial charge on any atom is -0.508 e. The smallest absolute Gasteiger partial charge is 0.122 e. The first kappa shape index (κ1) is 8.91. The van der Waals surface area contributed by atoms with Crippen LogP contribution in [0.15, 0.2) is 12.1 Å². The van der Waals surface area contributed by atoms with Gasteiger partial charge in [0.1, 0.15) is 11.5 Å². The molecule has 0 heterocycles. The monoisotopic (exact) mass is 166 g/mol. The summed E-state index contributed by atoms with van der Waals surface area (Å²) in [5, 5.41) is 9.34. The molecule has 2 nitrogen and oxygen atoms in total. The summed E-state index contributed by atoms with van der Waals surface area (Å²) >= 11 is 0. The van der Waals surface area contributed by atoms with E-state index in [2.05, 4.69) is 0 Å². The Morgan fingerprint density at radius 1 is 1.25 bits per heavy atom. The van der Waals surface area contributed by atoms with Gasteiger partial charge in [-0.15, -0.1) is 0 Å². The third-order valence-electron chi connectivity index (χ3n) is 2.01. The van der Waals surface area contributed by atoms with Crippen LogP contribution >= 0.6 is 0 Å². The second-order valence-electron chi connectivity index (χ2n) is 2.77. The van der Waals surface area contributed by atoms with Gasteiger partial charge in [0.05, 0.1) is 6.61 Å². The van der Waals surface area contributed by atoms with Crippen molar-refractivity contribution in [3.05, 3.63) is 23.3 Å². The van der Waals surface area contributed by atoms with Crippen LogP contribution in [-0.4, -0.2) is 11.7 Å². The maximum absolute atomic E-state index is 9.34. The largest absolute Gasteiger partial charge is 0.508 e. The molecule has 12 heavy (non-hydrogen) atoms. The van der Waals surface area contributed by atoms with Crippen LogP contribution in [0.3, 0.4) is 0 Å². The normalized spacial score (nSPS) is 9.92. The third kappa shape index (κ3) is 1.52. The molecule has 0 fully saturated rings. The topological polar surface area (TPSA) is 29.5 Å². The highest BCUT2D eigenvalue weighted by atomic mass is 16.5. The van der Waals surface area contributed by atoms with Crippen LogP contribution in [0.5, 0.6) is 11.5 Å². The van der Waals surface area contributed by atoms with Crippen LogP contribution in [-0.2, 0) is 0 Å². The second kappa shape index (κ2) is 3.48. The molecule has 66 valence electrons. The van der Waals surface area contributed by atoms with Gasteiger partial charge in [-0.05, 0) is 44.0 Å². The maximum Gasteiger partial charge on any atom is 0.122 e. The lowest BCUT2D eigenvalue weighted by Gasteiger charge is -2.09. The number of phenolic OH excluding ortho intramolecular Hbond substituents is 1. The van der Waals surface area contributed by atoms with Crippen molar-refractivity contribution in [2.45, 2.75) is 20.8 Å². The van der Waals surface area contributed by atoms with E-state index in [9.17, 15) is 5.11 Å². The summed E-state index contributed by atoms with van der Waals surface area (Å²) in [6, 6.07) is 3.45. The molecule has 0 amide bonds. The van der Waals surface area contributed by atoms with Crippen LogP contribution < -0.4 is 4.74 Å². The van der Waals surface area contributed by atoms with Crippen molar-refractivity contribution in [1.82, 2.24) is 0 Å². The number of benzene rings is 1. The molecule has 0 aliphatic carbocycles. The molecule has 0 aromatic heterocycles. The lowest BCUT2D eigenvalue weighted by molar-refractivity contribution is 0.336. The zero-order valence-corrected chi connectivity index (χ0v) is 7.72. The van der Waals surface area contributed by atoms with E-state index in [1.165, 1.54) is 0 Å². The Balaban J connectivity index is 3.08. The van der Waals surface area contributed by atoms with Gasteiger partial charge in [-0.25, -0.2) is 0 Å². The Morgan fingerprint density at radius 2 is 1.92 bits per heavy atom. The van der Waals surface area contributed by atoms with Crippen molar-refractivity contribution >= 4 is 0 Å². The van der Waals surface area contributed by atoms with E-state index in [1.807, 2.05) is 20.8 Å². The molecule has 0 radical (unpaired) electrons. The van der Waals surface area contributed by atoms with Crippen LogP contribution in [0, 0.1) is 13.8 Å². The van der Waals surface area contributed by atoms with Gasteiger partial charge in [0, 0.05) is 0 Å². The zero-order chi connectivity index (χ0) is 9.14. The third-order valence-corrected chi connectivity index (χ3v) is 2.01.